The van der Waals surface area contributed by atoms with Crippen molar-refractivity contribution in [1.82, 2.24) is 0 Å². The Kier molecular flexibility index (Phi) is 12.7. The molecule has 0 saturated carbocycles. The highest BCUT2D eigenvalue weighted by atomic mass is 16.5. The summed E-state index contributed by atoms with van der Waals surface area (Å²) in [6.45, 7) is 18.5. The lowest BCUT2D eigenvalue weighted by molar-refractivity contribution is 0.480. The Morgan fingerprint density at radius 2 is 0.551 bits per heavy atom. The average Bonchev–Trinajstić information content (AvgIpc) is 3.59. The fourth-order valence-corrected chi connectivity index (χ4v) is 13.2. The summed E-state index contributed by atoms with van der Waals surface area (Å²) in [4.78, 5) is 0. The van der Waals surface area contributed by atoms with Crippen molar-refractivity contribution in [3.05, 3.63) is 238 Å². The van der Waals surface area contributed by atoms with Gasteiger partial charge in [-0.1, -0.05) is 165 Å². The van der Waals surface area contributed by atoms with Crippen molar-refractivity contribution in [2.45, 2.75) is 117 Å². The summed E-state index contributed by atoms with van der Waals surface area (Å²) in [6, 6.07) is 65.2. The minimum absolute atomic E-state index is 0.226. The van der Waals surface area contributed by atoms with Crippen LogP contribution in [0.25, 0.3) is 43.1 Å². The standard InChI is InChI=1S/C74H68O4/c1-43(2)47-29-31-59(45(5)6)61(37-47)49-33-51-39-63(75-55-21-13-9-14-22-55)69-71-65(77-57-25-17-11-18-26-57)41-53-35-50(62-38-48(44(3)4)30-32-60(62)46(7)8)36-54-42-66(78-58-27-19-12-20-28-58)72(74(71)68(53)54)70-64(76-56-23-15-10-16-24-56)40-52(34-49)67(51)73(69)70/h9-32,37-46,49-50H,33-36H2,1-8H3. The summed E-state index contributed by atoms with van der Waals surface area (Å²) in [7, 11) is 0. The molecular weight excluding hydrogens is 953 g/mol. The molecule has 0 unspecified atom stereocenters. The molecule has 0 bridgehead atoms. The lowest BCUT2D eigenvalue weighted by atomic mass is 9.72. The Hall–Kier alpha value is -8.08. The molecule has 0 aliphatic heterocycles. The minimum Gasteiger partial charge on any atom is -0.457 e. The SMILES string of the molecule is CC(C)c1ccc(C(C)C)c(C2Cc3cc(Oc4ccccc4)c4c5c(Oc6ccccc6)cc6c7c(cc(Oc8ccccc8)c(c8c(Oc9ccccc9)cc(c3c48)C2)c75)CC(c2cc(C(C)C)ccc2C(C)C)C6)c1. The molecule has 0 amide bonds. The largest absolute Gasteiger partial charge is 0.457 e. The molecule has 0 radical (unpaired) electrons. The van der Waals surface area contributed by atoms with Gasteiger partial charge in [0.05, 0.1) is 0 Å². The predicted molar refractivity (Wildman–Crippen MR) is 323 cm³/mol. The summed E-state index contributed by atoms with van der Waals surface area (Å²) in [6.07, 6.45) is 3.42. The van der Waals surface area contributed by atoms with E-state index in [0.717, 1.165) is 104 Å². The van der Waals surface area contributed by atoms with E-state index in [2.05, 4.69) is 237 Å². The molecule has 0 heterocycles. The highest BCUT2D eigenvalue weighted by Crippen LogP contribution is 2.59. The van der Waals surface area contributed by atoms with E-state index < -0.39 is 0 Å². The van der Waals surface area contributed by atoms with E-state index in [0.29, 0.717) is 23.7 Å². The zero-order chi connectivity index (χ0) is 53.3. The molecule has 0 N–H and O–H groups in total. The molecular formula is C74H68O4. The first-order valence-electron chi connectivity index (χ1n) is 28.5. The molecule has 0 spiro atoms. The normalized spacial score (nSPS) is 13.8. The predicted octanol–water partition coefficient (Wildman–Crippen LogP) is 21.2. The zero-order valence-electron chi connectivity index (χ0n) is 46.2. The smallest absolute Gasteiger partial charge is 0.136 e. The van der Waals surface area contributed by atoms with Crippen LogP contribution in [0, 0.1) is 0 Å². The quantitative estimate of drug-likeness (QED) is 0.0803. The molecule has 13 rings (SSSR count). The minimum atomic E-state index is 0.226. The van der Waals surface area contributed by atoms with Gasteiger partial charge in [0, 0.05) is 32.3 Å². The van der Waals surface area contributed by atoms with Crippen LogP contribution in [0.4, 0.5) is 0 Å². The van der Waals surface area contributed by atoms with Gasteiger partial charge < -0.3 is 18.9 Å². The van der Waals surface area contributed by atoms with Crippen molar-refractivity contribution in [2.75, 3.05) is 0 Å². The summed E-state index contributed by atoms with van der Waals surface area (Å²) < 4.78 is 29.6. The van der Waals surface area contributed by atoms with E-state index >= 15 is 0 Å². The maximum absolute atomic E-state index is 7.41. The Labute approximate surface area is 459 Å². The highest BCUT2D eigenvalue weighted by Gasteiger charge is 2.36. The molecule has 11 aromatic rings. The van der Waals surface area contributed by atoms with Crippen molar-refractivity contribution in [2.24, 2.45) is 0 Å². The maximum Gasteiger partial charge on any atom is 0.136 e. The van der Waals surface area contributed by atoms with Gasteiger partial charge >= 0.3 is 0 Å². The van der Waals surface area contributed by atoms with Crippen LogP contribution < -0.4 is 18.9 Å². The second-order valence-electron chi connectivity index (χ2n) is 23.4. The molecule has 78 heavy (non-hydrogen) atoms. The van der Waals surface area contributed by atoms with E-state index in [9.17, 15) is 0 Å². The molecule has 2 aliphatic carbocycles. The second-order valence-corrected chi connectivity index (χ2v) is 23.4. The third-order valence-corrected chi connectivity index (χ3v) is 16.9. The molecule has 0 atom stereocenters. The Morgan fingerprint density at radius 3 is 0.795 bits per heavy atom. The first kappa shape index (κ1) is 49.5. The topological polar surface area (TPSA) is 36.9 Å². The van der Waals surface area contributed by atoms with Gasteiger partial charge in [0.1, 0.15) is 46.0 Å². The van der Waals surface area contributed by atoms with Gasteiger partial charge in [0.15, 0.2) is 0 Å². The van der Waals surface area contributed by atoms with Crippen molar-refractivity contribution >= 4 is 43.1 Å². The molecule has 0 saturated heterocycles. The third-order valence-electron chi connectivity index (χ3n) is 16.9. The lowest BCUT2D eigenvalue weighted by Crippen LogP contribution is -2.17. The number of benzene rings is 11. The molecule has 11 aromatic carbocycles. The molecule has 0 fully saturated rings. The van der Waals surface area contributed by atoms with Crippen molar-refractivity contribution < 1.29 is 18.9 Å². The number of para-hydroxylation sites is 4. The summed E-state index contributed by atoms with van der Waals surface area (Å²) in [5.74, 6) is 8.29. The Balaban J connectivity index is 1.19. The van der Waals surface area contributed by atoms with E-state index in [1.165, 1.54) is 66.4 Å². The summed E-state index contributed by atoms with van der Waals surface area (Å²) in [5, 5.41) is 8.76. The average molecular weight is 1020 g/mol. The number of hydrogen-bond donors (Lipinski definition) is 0. The number of hydrogen-bond acceptors (Lipinski definition) is 4. The van der Waals surface area contributed by atoms with Gasteiger partial charge in [-0.05, 0) is 200 Å². The molecule has 0 aromatic heterocycles. The highest BCUT2D eigenvalue weighted by molar-refractivity contribution is 6.39. The second kappa shape index (κ2) is 20.1. The van der Waals surface area contributed by atoms with Crippen LogP contribution in [-0.2, 0) is 25.7 Å². The van der Waals surface area contributed by atoms with Crippen LogP contribution in [0.5, 0.6) is 46.0 Å². The summed E-state index contributed by atoms with van der Waals surface area (Å²) >= 11 is 0. The van der Waals surface area contributed by atoms with E-state index in [-0.39, 0.29) is 11.8 Å². The van der Waals surface area contributed by atoms with Gasteiger partial charge in [-0.2, -0.15) is 0 Å². The van der Waals surface area contributed by atoms with Crippen molar-refractivity contribution in [1.29, 1.82) is 0 Å². The van der Waals surface area contributed by atoms with E-state index in [1.807, 2.05) is 0 Å². The van der Waals surface area contributed by atoms with Crippen molar-refractivity contribution in [3.8, 4) is 46.0 Å². The zero-order valence-corrected chi connectivity index (χ0v) is 46.2. The monoisotopic (exact) mass is 1020 g/mol. The van der Waals surface area contributed by atoms with Gasteiger partial charge in [-0.3, -0.25) is 0 Å². The first-order chi connectivity index (χ1) is 37.9. The summed E-state index contributed by atoms with van der Waals surface area (Å²) in [5.41, 5.74) is 13.5. The van der Waals surface area contributed by atoms with Gasteiger partial charge in [-0.25, -0.2) is 0 Å². The fourth-order valence-electron chi connectivity index (χ4n) is 13.2. The van der Waals surface area contributed by atoms with E-state index in [4.69, 9.17) is 18.9 Å². The van der Waals surface area contributed by atoms with Gasteiger partial charge in [0.2, 0.25) is 0 Å². The van der Waals surface area contributed by atoms with Crippen LogP contribution in [0.3, 0.4) is 0 Å². The Bertz CT molecular complexity index is 3570. The molecule has 2 aliphatic rings. The first-order valence-corrected chi connectivity index (χ1v) is 28.5. The third kappa shape index (κ3) is 8.80. The van der Waals surface area contributed by atoms with Crippen LogP contribution in [0.15, 0.2) is 182 Å². The van der Waals surface area contributed by atoms with Crippen LogP contribution in [-0.4, -0.2) is 0 Å². The number of rotatable bonds is 14. The fraction of sp³-hybridized carbons (Fsp3) is 0.243. The lowest BCUT2D eigenvalue weighted by Gasteiger charge is -2.33. The van der Waals surface area contributed by atoms with E-state index in [1.54, 1.807) is 0 Å². The van der Waals surface area contributed by atoms with Crippen LogP contribution >= 0.6 is 0 Å². The van der Waals surface area contributed by atoms with Gasteiger partial charge in [0.25, 0.3) is 0 Å². The van der Waals surface area contributed by atoms with Crippen molar-refractivity contribution in [3.63, 3.8) is 0 Å². The Morgan fingerprint density at radius 1 is 0.282 bits per heavy atom. The molecule has 388 valence electrons. The number of ether oxygens (including phenoxy) is 4. The van der Waals surface area contributed by atoms with Crippen LogP contribution in [0.1, 0.15) is 147 Å². The van der Waals surface area contributed by atoms with Crippen LogP contribution in [0.2, 0.25) is 0 Å². The van der Waals surface area contributed by atoms with Gasteiger partial charge in [-0.15, -0.1) is 0 Å². The molecule has 4 heteroatoms. The maximum atomic E-state index is 7.41. The number of fused-ring (bicyclic) bond motifs is 2. The molecule has 4 nitrogen and oxygen atoms in total.